The number of aliphatic carboxylic acids is 1. The van der Waals surface area contributed by atoms with E-state index in [9.17, 15) is 4.79 Å². The van der Waals surface area contributed by atoms with E-state index in [0.717, 1.165) is 16.1 Å². The number of carboxylic acids is 1. The van der Waals surface area contributed by atoms with Crippen molar-refractivity contribution in [2.45, 2.75) is 33.6 Å². The first-order valence-electron chi connectivity index (χ1n) is 5.98. The summed E-state index contributed by atoms with van der Waals surface area (Å²) in [6, 6.07) is 3.76. The van der Waals surface area contributed by atoms with Gasteiger partial charge in [0, 0.05) is 5.02 Å². The Labute approximate surface area is 113 Å². The SMILES string of the molecule is Cc1cc(Cl)c(C(C)C)cc1OCC(C)C(=O)O. The maximum Gasteiger partial charge on any atom is 0.309 e. The average Bonchev–Trinajstić information content (AvgIpc) is 2.26. The number of carboxylic acid groups (broad SMARTS) is 1. The predicted octanol–water partition coefficient (Wildman–Crippen LogP) is 3.87. The highest BCUT2D eigenvalue weighted by atomic mass is 35.5. The Hall–Kier alpha value is -1.22. The maximum atomic E-state index is 10.7. The summed E-state index contributed by atoms with van der Waals surface area (Å²) >= 11 is 6.16. The van der Waals surface area contributed by atoms with Crippen LogP contribution >= 0.6 is 11.6 Å². The van der Waals surface area contributed by atoms with Gasteiger partial charge in [0.1, 0.15) is 12.4 Å². The van der Waals surface area contributed by atoms with E-state index in [0.29, 0.717) is 11.7 Å². The van der Waals surface area contributed by atoms with Gasteiger partial charge in [-0.2, -0.15) is 0 Å². The normalized spacial score (nSPS) is 12.6. The molecule has 0 aliphatic rings. The first-order chi connectivity index (χ1) is 8.32. The molecule has 0 saturated heterocycles. The van der Waals surface area contributed by atoms with Crippen molar-refractivity contribution in [1.82, 2.24) is 0 Å². The van der Waals surface area contributed by atoms with Crippen molar-refractivity contribution in [1.29, 1.82) is 0 Å². The van der Waals surface area contributed by atoms with Gasteiger partial charge in [-0.25, -0.2) is 0 Å². The monoisotopic (exact) mass is 270 g/mol. The molecule has 0 fully saturated rings. The number of halogens is 1. The van der Waals surface area contributed by atoms with Crippen molar-refractivity contribution in [3.05, 3.63) is 28.3 Å². The number of rotatable bonds is 5. The van der Waals surface area contributed by atoms with Gasteiger partial charge in [-0.3, -0.25) is 4.79 Å². The Morgan fingerprint density at radius 1 is 1.39 bits per heavy atom. The molecule has 0 aliphatic heterocycles. The molecule has 1 aromatic rings. The van der Waals surface area contributed by atoms with Crippen molar-refractivity contribution < 1.29 is 14.6 Å². The van der Waals surface area contributed by atoms with E-state index in [-0.39, 0.29) is 6.61 Å². The quantitative estimate of drug-likeness (QED) is 0.883. The van der Waals surface area contributed by atoms with E-state index < -0.39 is 11.9 Å². The molecule has 1 unspecified atom stereocenters. The van der Waals surface area contributed by atoms with Crippen LogP contribution in [0.25, 0.3) is 0 Å². The fourth-order valence-electron chi connectivity index (χ4n) is 1.55. The van der Waals surface area contributed by atoms with Gasteiger partial charge >= 0.3 is 5.97 Å². The minimum atomic E-state index is -0.856. The molecule has 1 aromatic carbocycles. The molecule has 18 heavy (non-hydrogen) atoms. The molecule has 1 N–H and O–H groups in total. The van der Waals surface area contributed by atoms with Gasteiger partial charge in [-0.15, -0.1) is 0 Å². The van der Waals surface area contributed by atoms with E-state index in [4.69, 9.17) is 21.4 Å². The van der Waals surface area contributed by atoms with E-state index >= 15 is 0 Å². The molecule has 0 radical (unpaired) electrons. The largest absolute Gasteiger partial charge is 0.492 e. The molecule has 0 saturated carbocycles. The third-order valence-electron chi connectivity index (χ3n) is 2.83. The van der Waals surface area contributed by atoms with E-state index in [1.54, 1.807) is 6.92 Å². The number of hydrogen-bond acceptors (Lipinski definition) is 2. The third kappa shape index (κ3) is 3.64. The van der Waals surface area contributed by atoms with E-state index in [1.807, 2.05) is 19.1 Å². The highest BCUT2D eigenvalue weighted by Crippen LogP contribution is 2.31. The summed E-state index contributed by atoms with van der Waals surface area (Å²) in [6.07, 6.45) is 0. The molecule has 1 rings (SSSR count). The van der Waals surface area contributed by atoms with Crippen molar-refractivity contribution in [2.24, 2.45) is 5.92 Å². The lowest BCUT2D eigenvalue weighted by Crippen LogP contribution is -2.18. The lowest BCUT2D eigenvalue weighted by atomic mass is 10.0. The fraction of sp³-hybridized carbons (Fsp3) is 0.500. The fourth-order valence-corrected chi connectivity index (χ4v) is 1.99. The average molecular weight is 271 g/mol. The van der Waals surface area contributed by atoms with Crippen LogP contribution in [0.15, 0.2) is 12.1 Å². The topological polar surface area (TPSA) is 46.5 Å². The molecule has 0 spiro atoms. The van der Waals surface area contributed by atoms with Crippen LogP contribution in [-0.4, -0.2) is 17.7 Å². The molecule has 0 heterocycles. The molecule has 100 valence electrons. The summed E-state index contributed by atoms with van der Waals surface area (Å²) in [4.78, 5) is 10.7. The van der Waals surface area contributed by atoms with Gasteiger partial charge in [0.05, 0.1) is 5.92 Å². The number of ether oxygens (including phenoxy) is 1. The lowest BCUT2D eigenvalue weighted by Gasteiger charge is -2.15. The maximum absolute atomic E-state index is 10.7. The third-order valence-corrected chi connectivity index (χ3v) is 3.15. The van der Waals surface area contributed by atoms with Gasteiger partial charge in [0.25, 0.3) is 0 Å². The summed E-state index contributed by atoms with van der Waals surface area (Å²) in [5.41, 5.74) is 1.93. The van der Waals surface area contributed by atoms with Gasteiger partial charge in [0.2, 0.25) is 0 Å². The Morgan fingerprint density at radius 2 is 2.00 bits per heavy atom. The molecule has 4 heteroatoms. The van der Waals surface area contributed by atoms with Crippen LogP contribution in [-0.2, 0) is 4.79 Å². The van der Waals surface area contributed by atoms with Crippen molar-refractivity contribution >= 4 is 17.6 Å². The number of benzene rings is 1. The Bertz CT molecular complexity index is 441. The van der Waals surface area contributed by atoms with Crippen LogP contribution in [0.4, 0.5) is 0 Å². The summed E-state index contributed by atoms with van der Waals surface area (Å²) < 4.78 is 5.57. The van der Waals surface area contributed by atoms with E-state index in [2.05, 4.69) is 13.8 Å². The molecule has 3 nitrogen and oxygen atoms in total. The minimum absolute atomic E-state index is 0.162. The second-order valence-electron chi connectivity index (χ2n) is 4.84. The first kappa shape index (κ1) is 14.8. The number of carbonyl (C=O) groups is 1. The molecule has 0 aliphatic carbocycles. The second kappa shape index (κ2) is 6.10. The van der Waals surface area contributed by atoms with Crippen molar-refractivity contribution in [3.63, 3.8) is 0 Å². The molecule has 0 amide bonds. The van der Waals surface area contributed by atoms with Gasteiger partial charge < -0.3 is 9.84 Å². The van der Waals surface area contributed by atoms with Crippen LogP contribution in [0.5, 0.6) is 5.75 Å². The molecule has 1 atom stereocenters. The lowest BCUT2D eigenvalue weighted by molar-refractivity contribution is -0.142. The molecule has 0 aromatic heterocycles. The molecular formula is C14H19ClO3. The standard InChI is InChI=1S/C14H19ClO3/c1-8(2)11-6-13(9(3)5-12(11)15)18-7-10(4)14(16)17/h5-6,8,10H,7H2,1-4H3,(H,16,17). The van der Waals surface area contributed by atoms with Crippen molar-refractivity contribution in [3.8, 4) is 5.75 Å². The molecular weight excluding hydrogens is 252 g/mol. The highest BCUT2D eigenvalue weighted by Gasteiger charge is 2.14. The Kier molecular flexibility index (Phi) is 5.03. The predicted molar refractivity (Wildman–Crippen MR) is 72.6 cm³/mol. The summed E-state index contributed by atoms with van der Waals surface area (Å²) in [5.74, 6) is -0.373. The van der Waals surface area contributed by atoms with Gasteiger partial charge in [0.15, 0.2) is 0 Å². The summed E-state index contributed by atoms with van der Waals surface area (Å²) in [5, 5.41) is 9.54. The number of hydrogen-bond donors (Lipinski definition) is 1. The zero-order chi connectivity index (χ0) is 13.9. The van der Waals surface area contributed by atoms with Crippen LogP contribution in [0.3, 0.4) is 0 Å². The minimum Gasteiger partial charge on any atom is -0.492 e. The summed E-state index contributed by atoms with van der Waals surface area (Å²) in [7, 11) is 0. The van der Waals surface area contributed by atoms with Crippen LogP contribution < -0.4 is 4.74 Å². The second-order valence-corrected chi connectivity index (χ2v) is 5.25. The van der Waals surface area contributed by atoms with Gasteiger partial charge in [-0.1, -0.05) is 25.4 Å². The van der Waals surface area contributed by atoms with Crippen LogP contribution in [0.2, 0.25) is 5.02 Å². The zero-order valence-corrected chi connectivity index (χ0v) is 11.9. The first-order valence-corrected chi connectivity index (χ1v) is 6.36. The smallest absolute Gasteiger partial charge is 0.309 e. The zero-order valence-electron chi connectivity index (χ0n) is 11.2. The Morgan fingerprint density at radius 3 is 2.50 bits per heavy atom. The van der Waals surface area contributed by atoms with Gasteiger partial charge in [-0.05, 0) is 43.0 Å². The summed E-state index contributed by atoms with van der Waals surface area (Å²) in [6.45, 7) is 7.80. The van der Waals surface area contributed by atoms with Crippen LogP contribution in [0, 0.1) is 12.8 Å². The van der Waals surface area contributed by atoms with Crippen LogP contribution in [0.1, 0.15) is 37.8 Å². The Balaban J connectivity index is 2.89. The highest BCUT2D eigenvalue weighted by molar-refractivity contribution is 6.31. The van der Waals surface area contributed by atoms with E-state index in [1.165, 1.54) is 0 Å². The molecule has 0 bridgehead atoms. The van der Waals surface area contributed by atoms with Crippen molar-refractivity contribution in [2.75, 3.05) is 6.61 Å². The number of aryl methyl sites for hydroxylation is 1.